The number of oxime groups is 1. The van der Waals surface area contributed by atoms with E-state index >= 15 is 4.39 Å². The van der Waals surface area contributed by atoms with Crippen molar-refractivity contribution in [3.63, 3.8) is 0 Å². The third-order valence-electron chi connectivity index (χ3n) is 12.0. The van der Waals surface area contributed by atoms with Crippen LogP contribution in [-0.4, -0.2) is 83.1 Å². The lowest BCUT2D eigenvalue weighted by Crippen LogP contribution is -2.71. The van der Waals surface area contributed by atoms with Crippen molar-refractivity contribution < 1.29 is 56.4 Å². The third-order valence-corrected chi connectivity index (χ3v) is 16.6. The van der Waals surface area contributed by atoms with Gasteiger partial charge < -0.3 is 24.8 Å². The molecule has 2 aliphatic rings. The topological polar surface area (TPSA) is 184 Å². The Hall–Kier alpha value is -7.50. The summed E-state index contributed by atoms with van der Waals surface area (Å²) in [6, 6.07) is 35.5. The van der Waals surface area contributed by atoms with Crippen LogP contribution in [-0.2, 0) is 45.9 Å². The van der Waals surface area contributed by atoms with Gasteiger partial charge in [-0.1, -0.05) is 103 Å². The fraction of sp³-hybridized carbons (Fsp3) is 0.189. The molecule has 0 radical (unpaired) electrons. The van der Waals surface area contributed by atoms with Crippen LogP contribution in [0.1, 0.15) is 45.2 Å². The Bertz CT molecular complexity index is 3320. The zero-order valence-electron chi connectivity index (χ0n) is 39.8. The molecule has 1 saturated heterocycles. The molecule has 0 bridgehead atoms. The van der Waals surface area contributed by atoms with Crippen LogP contribution in [0.15, 0.2) is 152 Å². The van der Waals surface area contributed by atoms with Crippen LogP contribution in [0.4, 0.5) is 18.3 Å². The summed E-state index contributed by atoms with van der Waals surface area (Å²) < 4.78 is 59.5. The van der Waals surface area contributed by atoms with E-state index < -0.39 is 79.2 Å². The minimum Gasteiger partial charge on any atom is -0.497 e. The largest absolute Gasteiger partial charge is 0.497 e. The standard InChI is InChI=1S/C53H42F3N5O10S4/c1-4-69-49(65)38-44(62)35-24-36(54)39(55)40(56)45(35)75-51(38)73-27-30-26-72-48-42(47(64)61(48)43(30)50(66)70-25-29-20-22-34(67-2)23-21-29)58-46(63)41(60-71-68-3)37-28-74-52(57-37)59-53(31-14-8-5-9-15-31,32-16-10-6-11-17-32)33-18-12-7-13-19-33/h5-24,28,42,48H,4,25-27H2,1-3H3,(H,57,59)(H,58,63)/b60-41-/t42?,48-/m0/s1. The first-order chi connectivity index (χ1) is 36.4. The summed E-state index contributed by atoms with van der Waals surface area (Å²) in [5.41, 5.74) is 0.577. The number of aromatic nitrogens is 1. The number of methoxy groups -OCH3 is 1. The second-order valence-electron chi connectivity index (χ2n) is 16.4. The van der Waals surface area contributed by atoms with Crippen molar-refractivity contribution in [1.29, 1.82) is 0 Å². The number of carbonyl (C=O) groups is 4. The third kappa shape index (κ3) is 10.5. The SMILES string of the molecule is CCOC(=O)c1c(SCC2=C(C(=O)OCc3ccc(OC)cc3)N3C(=O)C(NC(=O)/C(=N\OOC)c4csc(NC(c5ccccc5)(c5ccccc5)c5ccccc5)n4)[C@@H]3SC2)sc2c(F)c(F)c(F)cc2c1=O. The number of hydrogen-bond acceptors (Lipinski definition) is 17. The molecule has 9 rings (SSSR count). The first-order valence-corrected chi connectivity index (χ1v) is 26.5. The van der Waals surface area contributed by atoms with Gasteiger partial charge >= 0.3 is 11.9 Å². The molecule has 4 heterocycles. The number of β-lactam (4-membered cyclic amide) rings is 1. The van der Waals surface area contributed by atoms with Gasteiger partial charge in [-0.2, -0.15) is 4.89 Å². The molecule has 1 fully saturated rings. The van der Waals surface area contributed by atoms with Gasteiger partial charge in [0.25, 0.3) is 11.8 Å². The first-order valence-electron chi connectivity index (χ1n) is 22.8. The van der Waals surface area contributed by atoms with Gasteiger partial charge in [0, 0.05) is 22.3 Å². The van der Waals surface area contributed by atoms with E-state index in [0.717, 1.165) is 28.5 Å². The number of anilines is 1. The Labute approximate surface area is 442 Å². The highest BCUT2D eigenvalue weighted by Gasteiger charge is 2.55. The fourth-order valence-electron chi connectivity index (χ4n) is 8.44. The molecule has 22 heteroatoms. The Morgan fingerprint density at radius 2 is 1.49 bits per heavy atom. The number of halogens is 3. The predicted octanol–water partition coefficient (Wildman–Crippen LogP) is 9.20. The highest BCUT2D eigenvalue weighted by Crippen LogP contribution is 2.44. The maximum absolute atomic E-state index is 15.2. The number of fused-ring (bicyclic) bond motifs is 2. The Morgan fingerprint density at radius 1 is 0.853 bits per heavy atom. The number of thioether (sulfide) groups is 2. The van der Waals surface area contributed by atoms with Crippen molar-refractivity contribution in [3.8, 4) is 5.75 Å². The van der Waals surface area contributed by atoms with Crippen LogP contribution >= 0.6 is 46.2 Å². The summed E-state index contributed by atoms with van der Waals surface area (Å²) in [4.78, 5) is 85.5. The molecule has 2 aliphatic heterocycles. The highest BCUT2D eigenvalue weighted by molar-refractivity contribution is 8.02. The van der Waals surface area contributed by atoms with Gasteiger partial charge in [-0.25, -0.2) is 32.7 Å². The number of nitrogens with zero attached hydrogens (tertiary/aromatic N) is 3. The molecule has 2 aromatic heterocycles. The normalized spacial score (nSPS) is 15.5. The van der Waals surface area contributed by atoms with Crippen molar-refractivity contribution in [3.05, 3.63) is 199 Å². The number of ether oxygens (including phenoxy) is 3. The van der Waals surface area contributed by atoms with Gasteiger partial charge in [-0.3, -0.25) is 19.3 Å². The van der Waals surface area contributed by atoms with E-state index in [4.69, 9.17) is 29.1 Å². The van der Waals surface area contributed by atoms with Crippen molar-refractivity contribution in [2.75, 3.05) is 37.6 Å². The van der Waals surface area contributed by atoms with E-state index in [-0.39, 0.29) is 46.0 Å². The zero-order valence-corrected chi connectivity index (χ0v) is 43.1. The number of hydrogen-bond donors (Lipinski definition) is 2. The van der Waals surface area contributed by atoms with Crippen LogP contribution in [0.5, 0.6) is 5.75 Å². The minimum atomic E-state index is -1.80. The van der Waals surface area contributed by atoms with Crippen LogP contribution < -0.4 is 20.8 Å². The number of esters is 2. The summed E-state index contributed by atoms with van der Waals surface area (Å²) in [5.74, 6) is -8.17. The van der Waals surface area contributed by atoms with Crippen molar-refractivity contribution in [2.45, 2.75) is 34.7 Å². The monoisotopic (exact) mass is 1090 g/mol. The first kappa shape index (κ1) is 52.4. The lowest BCUT2D eigenvalue weighted by molar-refractivity contribution is -0.273. The molecule has 1 unspecified atom stereocenters. The minimum absolute atomic E-state index is 0.0487. The summed E-state index contributed by atoms with van der Waals surface area (Å²) in [6.45, 7) is 1.13. The van der Waals surface area contributed by atoms with E-state index in [2.05, 4.69) is 15.8 Å². The molecular weight excluding hydrogens is 1050 g/mol. The summed E-state index contributed by atoms with van der Waals surface area (Å²) in [7, 11) is 2.70. The van der Waals surface area contributed by atoms with Crippen molar-refractivity contribution in [2.24, 2.45) is 5.16 Å². The molecule has 5 aromatic carbocycles. The number of carbonyl (C=O) groups excluding carboxylic acids is 4. The molecular formula is C53H42F3N5O10S4. The van der Waals surface area contributed by atoms with Crippen LogP contribution in [0, 0.1) is 17.5 Å². The maximum atomic E-state index is 15.2. The summed E-state index contributed by atoms with van der Waals surface area (Å²) >= 11 is 3.74. The van der Waals surface area contributed by atoms with Crippen molar-refractivity contribution in [1.82, 2.24) is 15.2 Å². The smallest absolute Gasteiger partial charge is 0.355 e. The van der Waals surface area contributed by atoms with Gasteiger partial charge in [0.2, 0.25) is 5.43 Å². The molecule has 2 N–H and O–H groups in total. The van der Waals surface area contributed by atoms with Crippen molar-refractivity contribution >= 4 is 90.9 Å². The van der Waals surface area contributed by atoms with Crippen LogP contribution in [0.25, 0.3) is 10.1 Å². The van der Waals surface area contributed by atoms with Crippen LogP contribution in [0.2, 0.25) is 0 Å². The molecule has 7 aromatic rings. The number of nitrogens with one attached hydrogen (secondary N) is 2. The molecule has 2 amide bonds. The zero-order chi connectivity index (χ0) is 52.8. The Kier molecular flexibility index (Phi) is 16.0. The Morgan fingerprint density at radius 3 is 2.09 bits per heavy atom. The molecule has 384 valence electrons. The van der Waals surface area contributed by atoms with Gasteiger partial charge in [0.15, 0.2) is 28.3 Å². The quantitative estimate of drug-likeness (QED) is 0.0114. The molecule has 0 saturated carbocycles. The molecule has 75 heavy (non-hydrogen) atoms. The van der Waals surface area contributed by atoms with E-state index in [1.54, 1.807) is 29.6 Å². The second kappa shape index (κ2) is 22.9. The lowest BCUT2D eigenvalue weighted by atomic mass is 9.77. The van der Waals surface area contributed by atoms with E-state index in [1.165, 1.54) is 49.1 Å². The fourth-order valence-corrected chi connectivity index (χ4v) is 13.1. The molecule has 0 spiro atoms. The van der Waals surface area contributed by atoms with E-state index in [0.29, 0.717) is 39.4 Å². The van der Waals surface area contributed by atoms with Gasteiger partial charge in [-0.15, -0.1) is 46.2 Å². The lowest BCUT2D eigenvalue weighted by Gasteiger charge is -2.49. The van der Waals surface area contributed by atoms with E-state index in [1.807, 2.05) is 91.0 Å². The van der Waals surface area contributed by atoms with E-state index in [9.17, 15) is 32.8 Å². The number of thiazole rings is 1. The molecule has 15 nitrogen and oxygen atoms in total. The average Bonchev–Trinajstić information content (AvgIpc) is 3.91. The predicted molar refractivity (Wildman–Crippen MR) is 279 cm³/mol. The second-order valence-corrected chi connectivity index (χ2v) is 20.6. The average molecular weight is 1090 g/mol. The summed E-state index contributed by atoms with van der Waals surface area (Å²) in [6.07, 6.45) is 0. The van der Waals surface area contributed by atoms with Gasteiger partial charge in [-0.05, 0) is 58.1 Å². The van der Waals surface area contributed by atoms with Gasteiger partial charge in [0.1, 0.15) is 46.3 Å². The number of rotatable bonds is 19. The highest BCUT2D eigenvalue weighted by atomic mass is 32.2. The maximum Gasteiger partial charge on any atom is 0.355 e. The van der Waals surface area contributed by atoms with Crippen LogP contribution in [0.3, 0.4) is 0 Å². The number of benzene rings is 5. The molecule has 0 aliphatic carbocycles. The number of amides is 2. The summed E-state index contributed by atoms with van der Waals surface area (Å²) in [5, 5.41) is 10.9. The molecule has 2 atom stereocenters. The Balaban J connectivity index is 1.01. The van der Waals surface area contributed by atoms with Gasteiger partial charge in [0.05, 0.1) is 29.7 Å².